The Morgan fingerprint density at radius 3 is 2.54 bits per heavy atom. The third-order valence-electron chi connectivity index (χ3n) is 5.76. The van der Waals surface area contributed by atoms with Crippen LogP contribution in [0.3, 0.4) is 0 Å². The van der Waals surface area contributed by atoms with E-state index in [0.717, 1.165) is 18.2 Å². The Hall–Kier alpha value is -3.91. The molecular weight excluding hydrogens is 518 g/mol. The predicted molar refractivity (Wildman–Crippen MR) is 121 cm³/mol. The van der Waals surface area contributed by atoms with Crippen molar-refractivity contribution in [3.05, 3.63) is 71.9 Å². The Bertz CT molecular complexity index is 1600. The fourth-order valence-corrected chi connectivity index (χ4v) is 5.03. The number of fused-ring (bicyclic) bond motifs is 1. The average Bonchev–Trinajstić information content (AvgIpc) is 3.49. The van der Waals surface area contributed by atoms with Crippen LogP contribution in [0.25, 0.3) is 22.2 Å². The van der Waals surface area contributed by atoms with Crippen LogP contribution in [-0.4, -0.2) is 35.0 Å². The third-order valence-corrected chi connectivity index (χ3v) is 7.15. The molecule has 0 spiro atoms. The SMILES string of the molecule is O=C(NCc1cc(-c2ccc(C(F)(F)F)cn2)cnn1)C1(NS(=O)(=O)c2cc3cc(F)ccc3o2)CC1. The van der Waals surface area contributed by atoms with Crippen molar-refractivity contribution in [3.8, 4) is 11.3 Å². The molecule has 1 aliphatic rings. The van der Waals surface area contributed by atoms with Crippen LogP contribution in [0.2, 0.25) is 0 Å². The van der Waals surface area contributed by atoms with Crippen LogP contribution >= 0.6 is 0 Å². The highest BCUT2D eigenvalue weighted by Gasteiger charge is 2.53. The van der Waals surface area contributed by atoms with Gasteiger partial charge in [0.25, 0.3) is 10.0 Å². The number of nitrogens with one attached hydrogen (secondary N) is 2. The van der Waals surface area contributed by atoms with E-state index in [9.17, 15) is 30.8 Å². The zero-order valence-corrected chi connectivity index (χ0v) is 19.5. The number of rotatable bonds is 7. The van der Waals surface area contributed by atoms with E-state index >= 15 is 0 Å². The maximum absolute atomic E-state index is 13.4. The van der Waals surface area contributed by atoms with Crippen molar-refractivity contribution in [2.24, 2.45) is 0 Å². The van der Waals surface area contributed by atoms with Crippen LogP contribution in [0, 0.1) is 5.82 Å². The Balaban J connectivity index is 1.26. The monoisotopic (exact) mass is 535 g/mol. The van der Waals surface area contributed by atoms with Crippen LogP contribution in [0.1, 0.15) is 24.1 Å². The molecule has 0 aliphatic heterocycles. The molecule has 37 heavy (non-hydrogen) atoms. The summed E-state index contributed by atoms with van der Waals surface area (Å²) in [6.45, 7) is -0.117. The van der Waals surface area contributed by atoms with Gasteiger partial charge in [0.15, 0.2) is 0 Å². The van der Waals surface area contributed by atoms with Crippen LogP contribution in [0.4, 0.5) is 17.6 Å². The number of carbonyl (C=O) groups is 1. The lowest BCUT2D eigenvalue weighted by Crippen LogP contribution is -2.48. The van der Waals surface area contributed by atoms with E-state index in [2.05, 4.69) is 25.2 Å². The van der Waals surface area contributed by atoms with E-state index in [1.165, 1.54) is 30.5 Å². The van der Waals surface area contributed by atoms with Crippen molar-refractivity contribution in [2.45, 2.75) is 36.2 Å². The fraction of sp³-hybridized carbons (Fsp3) is 0.217. The Labute approximate surface area is 207 Å². The molecule has 0 unspecified atom stereocenters. The molecular formula is C23H17F4N5O4S. The van der Waals surface area contributed by atoms with E-state index in [4.69, 9.17) is 4.42 Å². The number of benzene rings is 1. The third kappa shape index (κ3) is 5.15. The summed E-state index contributed by atoms with van der Waals surface area (Å²) in [5.74, 6) is -1.15. The van der Waals surface area contributed by atoms with Gasteiger partial charge in [-0.25, -0.2) is 12.8 Å². The molecule has 1 amide bonds. The van der Waals surface area contributed by atoms with E-state index < -0.39 is 44.1 Å². The molecule has 1 aliphatic carbocycles. The van der Waals surface area contributed by atoms with Gasteiger partial charge in [-0.2, -0.15) is 28.1 Å². The summed E-state index contributed by atoms with van der Waals surface area (Å²) in [6, 6.07) is 8.34. The minimum atomic E-state index is -4.51. The maximum Gasteiger partial charge on any atom is 0.417 e. The van der Waals surface area contributed by atoms with Crippen LogP contribution < -0.4 is 10.0 Å². The van der Waals surface area contributed by atoms with E-state index in [-0.39, 0.29) is 41.7 Å². The first-order valence-corrected chi connectivity index (χ1v) is 12.3. The van der Waals surface area contributed by atoms with Crippen molar-refractivity contribution in [3.63, 3.8) is 0 Å². The second-order valence-corrected chi connectivity index (χ2v) is 10.1. The Morgan fingerprint density at radius 1 is 1.08 bits per heavy atom. The smallest absolute Gasteiger partial charge is 0.417 e. The number of carbonyl (C=O) groups excluding carboxylic acids is 1. The number of aromatic nitrogens is 3. The number of alkyl halides is 3. The molecule has 9 nitrogen and oxygen atoms in total. The predicted octanol–water partition coefficient (Wildman–Crippen LogP) is 3.57. The van der Waals surface area contributed by atoms with Gasteiger partial charge in [-0.15, -0.1) is 0 Å². The fourth-order valence-electron chi connectivity index (χ4n) is 3.64. The largest absolute Gasteiger partial charge is 0.443 e. The van der Waals surface area contributed by atoms with Crippen LogP contribution in [-0.2, 0) is 27.5 Å². The van der Waals surface area contributed by atoms with Crippen molar-refractivity contribution < 1.29 is 35.2 Å². The summed E-state index contributed by atoms with van der Waals surface area (Å²) >= 11 is 0. The summed E-state index contributed by atoms with van der Waals surface area (Å²) in [5, 5.41) is 10.1. The lowest BCUT2D eigenvalue weighted by molar-refractivity contribution is -0.137. The Morgan fingerprint density at radius 2 is 1.86 bits per heavy atom. The molecule has 0 saturated heterocycles. The molecule has 192 valence electrons. The first-order valence-electron chi connectivity index (χ1n) is 10.8. The lowest BCUT2D eigenvalue weighted by atomic mass is 10.1. The lowest BCUT2D eigenvalue weighted by Gasteiger charge is -2.16. The van der Waals surface area contributed by atoms with Crippen LogP contribution in [0.15, 0.2) is 64.4 Å². The first-order chi connectivity index (χ1) is 17.5. The number of pyridine rings is 1. The normalized spacial score (nSPS) is 15.0. The molecule has 1 aromatic carbocycles. The van der Waals surface area contributed by atoms with Gasteiger partial charge in [0.05, 0.1) is 29.7 Å². The number of nitrogens with zero attached hydrogens (tertiary/aromatic N) is 3. The maximum atomic E-state index is 13.4. The molecule has 5 rings (SSSR count). The summed E-state index contributed by atoms with van der Waals surface area (Å²) < 4.78 is 85.0. The van der Waals surface area contributed by atoms with Gasteiger partial charge in [0.1, 0.15) is 16.9 Å². The summed E-state index contributed by atoms with van der Waals surface area (Å²) in [5.41, 5.74) is -1.20. The van der Waals surface area contributed by atoms with Crippen molar-refractivity contribution in [1.82, 2.24) is 25.2 Å². The highest BCUT2D eigenvalue weighted by Crippen LogP contribution is 2.38. The molecule has 4 aromatic rings. The van der Waals surface area contributed by atoms with Crippen molar-refractivity contribution in [1.29, 1.82) is 0 Å². The Kier molecular flexibility index (Phi) is 5.95. The zero-order chi connectivity index (χ0) is 26.4. The van der Waals surface area contributed by atoms with Crippen LogP contribution in [0.5, 0.6) is 0 Å². The number of amides is 1. The molecule has 3 heterocycles. The highest BCUT2D eigenvalue weighted by molar-refractivity contribution is 7.89. The van der Waals surface area contributed by atoms with Gasteiger partial charge in [0, 0.05) is 23.2 Å². The first kappa shape index (κ1) is 24.8. The molecule has 3 aromatic heterocycles. The molecule has 14 heteroatoms. The van der Waals surface area contributed by atoms with Gasteiger partial charge in [0.2, 0.25) is 11.0 Å². The standard InChI is InChI=1S/C23H17F4N5O4S/c24-16-2-4-19-13(7-16)9-20(36-19)37(34,35)32-22(5-6-22)21(33)29-12-17-8-14(10-30-31-17)18-3-1-15(11-28-18)23(25,26)27/h1-4,7-11,32H,5-6,12H2,(H,29,33). The number of furan rings is 1. The van der Waals surface area contributed by atoms with E-state index in [0.29, 0.717) is 11.8 Å². The topological polar surface area (TPSA) is 127 Å². The molecule has 0 atom stereocenters. The quantitative estimate of drug-likeness (QED) is 0.347. The number of sulfonamides is 1. The molecule has 1 fully saturated rings. The molecule has 0 radical (unpaired) electrons. The number of hydrogen-bond acceptors (Lipinski definition) is 7. The minimum Gasteiger partial charge on any atom is -0.443 e. The van der Waals surface area contributed by atoms with Crippen molar-refractivity contribution >= 4 is 26.9 Å². The highest BCUT2D eigenvalue weighted by atomic mass is 32.2. The molecule has 1 saturated carbocycles. The summed E-state index contributed by atoms with van der Waals surface area (Å²) in [6.07, 6.45) is -2.00. The second kappa shape index (κ2) is 8.88. The van der Waals surface area contributed by atoms with Gasteiger partial charge in [-0.1, -0.05) is 0 Å². The average molecular weight is 535 g/mol. The number of hydrogen-bond donors (Lipinski definition) is 2. The second-order valence-electron chi connectivity index (χ2n) is 8.48. The van der Waals surface area contributed by atoms with E-state index in [1.807, 2.05) is 0 Å². The number of halogens is 4. The molecule has 0 bridgehead atoms. The summed E-state index contributed by atoms with van der Waals surface area (Å²) in [4.78, 5) is 16.6. The minimum absolute atomic E-state index is 0.117. The summed E-state index contributed by atoms with van der Waals surface area (Å²) in [7, 11) is -4.23. The zero-order valence-electron chi connectivity index (χ0n) is 18.7. The van der Waals surface area contributed by atoms with Gasteiger partial charge < -0.3 is 9.73 Å². The van der Waals surface area contributed by atoms with E-state index in [1.54, 1.807) is 0 Å². The van der Waals surface area contributed by atoms with Gasteiger partial charge in [-0.3, -0.25) is 9.78 Å². The van der Waals surface area contributed by atoms with Gasteiger partial charge in [-0.05, 0) is 49.2 Å². The van der Waals surface area contributed by atoms with Gasteiger partial charge >= 0.3 is 6.18 Å². The van der Waals surface area contributed by atoms with Crippen molar-refractivity contribution in [2.75, 3.05) is 0 Å². The molecule has 2 N–H and O–H groups in total.